The minimum atomic E-state index is -0.424. The molecule has 142 valence electrons. The molecule has 0 saturated carbocycles. The third-order valence-corrected chi connectivity index (χ3v) is 7.43. The lowest BCUT2D eigenvalue weighted by atomic mass is 9.55. The van der Waals surface area contributed by atoms with E-state index in [1.165, 1.54) is 4.90 Å². The molecule has 1 heterocycles. The van der Waals surface area contributed by atoms with Crippen LogP contribution in [-0.2, 0) is 9.59 Å². The van der Waals surface area contributed by atoms with E-state index in [-0.39, 0.29) is 28.7 Å². The Kier molecular flexibility index (Phi) is 3.54. The fraction of sp³-hybridized carbons (Fsp3) is 0.167. The molecule has 0 unspecified atom stereocenters. The highest BCUT2D eigenvalue weighted by atomic mass is 35.5. The van der Waals surface area contributed by atoms with Gasteiger partial charge in [0.2, 0.25) is 11.8 Å². The van der Waals surface area contributed by atoms with Crippen molar-refractivity contribution in [2.45, 2.75) is 11.8 Å². The van der Waals surface area contributed by atoms with Gasteiger partial charge in [0.1, 0.15) is 0 Å². The monoisotopic (exact) mass is 419 g/mol. The third kappa shape index (κ3) is 2.09. The number of benzene rings is 3. The summed E-state index contributed by atoms with van der Waals surface area (Å²) in [5.74, 6) is -1.49. The normalized spacial score (nSPS) is 26.3. The summed E-state index contributed by atoms with van der Waals surface area (Å²) in [7, 11) is 0. The van der Waals surface area contributed by atoms with Crippen LogP contribution in [0.3, 0.4) is 0 Å². The minimum absolute atomic E-state index is 0.128. The molecule has 3 nitrogen and oxygen atoms in total. The molecule has 0 radical (unpaired) electrons. The van der Waals surface area contributed by atoms with Crippen LogP contribution < -0.4 is 4.90 Å². The van der Waals surface area contributed by atoms with Crippen LogP contribution in [0.1, 0.15) is 34.1 Å². The van der Waals surface area contributed by atoms with Gasteiger partial charge in [0.15, 0.2) is 0 Å². The fourth-order valence-corrected chi connectivity index (χ4v) is 5.96. The van der Waals surface area contributed by atoms with E-state index in [1.54, 1.807) is 18.2 Å². The molecule has 2 amide bonds. The maximum atomic E-state index is 13.6. The summed E-state index contributed by atoms with van der Waals surface area (Å²) in [6.07, 6.45) is 0. The first-order chi connectivity index (χ1) is 14.1. The minimum Gasteiger partial charge on any atom is -0.274 e. The summed E-state index contributed by atoms with van der Waals surface area (Å²) in [6, 6.07) is 21.4. The van der Waals surface area contributed by atoms with Gasteiger partial charge in [-0.3, -0.25) is 9.59 Å². The van der Waals surface area contributed by atoms with Gasteiger partial charge in [0, 0.05) is 11.8 Å². The summed E-state index contributed by atoms with van der Waals surface area (Å²) < 4.78 is 0. The highest BCUT2D eigenvalue weighted by Crippen LogP contribution is 2.61. The summed E-state index contributed by atoms with van der Waals surface area (Å²) in [5, 5.41) is 0.561. The van der Waals surface area contributed by atoms with E-state index in [4.69, 9.17) is 23.2 Å². The summed E-state index contributed by atoms with van der Waals surface area (Å²) in [5.41, 5.74) is 4.97. The van der Waals surface area contributed by atoms with Gasteiger partial charge in [-0.25, -0.2) is 4.90 Å². The number of hydrogen-bond acceptors (Lipinski definition) is 2. The average Bonchev–Trinajstić information content (AvgIpc) is 3.01. The van der Waals surface area contributed by atoms with Gasteiger partial charge in [-0.05, 0) is 34.4 Å². The zero-order chi connectivity index (χ0) is 19.9. The molecule has 29 heavy (non-hydrogen) atoms. The molecular weight excluding hydrogens is 405 g/mol. The molecular formula is C24H15Cl2NO2. The van der Waals surface area contributed by atoms with Crippen molar-refractivity contribution in [2.75, 3.05) is 4.90 Å². The second-order valence-electron chi connectivity index (χ2n) is 7.85. The summed E-state index contributed by atoms with van der Waals surface area (Å²) in [4.78, 5) is 28.5. The Balaban J connectivity index is 1.59. The molecule has 0 N–H and O–H groups in total. The van der Waals surface area contributed by atoms with Crippen molar-refractivity contribution >= 4 is 40.7 Å². The highest BCUT2D eigenvalue weighted by molar-refractivity contribution is 6.45. The van der Waals surface area contributed by atoms with E-state index < -0.39 is 11.8 Å². The number of amides is 2. The van der Waals surface area contributed by atoms with Gasteiger partial charge in [-0.1, -0.05) is 77.8 Å². The first-order valence-electron chi connectivity index (χ1n) is 9.59. The Morgan fingerprint density at radius 3 is 1.52 bits per heavy atom. The second-order valence-corrected chi connectivity index (χ2v) is 8.63. The topological polar surface area (TPSA) is 37.4 Å². The Morgan fingerprint density at radius 2 is 1.07 bits per heavy atom. The van der Waals surface area contributed by atoms with Gasteiger partial charge in [-0.15, -0.1) is 0 Å². The quantitative estimate of drug-likeness (QED) is 0.495. The fourth-order valence-electron chi connectivity index (χ4n) is 5.58. The summed E-state index contributed by atoms with van der Waals surface area (Å²) in [6.45, 7) is 0. The van der Waals surface area contributed by atoms with E-state index in [0.717, 1.165) is 22.3 Å². The number of halogens is 2. The Morgan fingerprint density at radius 1 is 0.621 bits per heavy atom. The van der Waals surface area contributed by atoms with Gasteiger partial charge < -0.3 is 0 Å². The van der Waals surface area contributed by atoms with Crippen LogP contribution in [0.5, 0.6) is 0 Å². The molecule has 4 aliphatic rings. The van der Waals surface area contributed by atoms with Crippen molar-refractivity contribution in [3.05, 3.63) is 99.0 Å². The molecule has 3 aromatic rings. The number of rotatable bonds is 1. The molecule has 5 heteroatoms. The van der Waals surface area contributed by atoms with Crippen LogP contribution in [0, 0.1) is 11.8 Å². The first kappa shape index (κ1) is 17.3. The van der Waals surface area contributed by atoms with E-state index in [2.05, 4.69) is 24.3 Å². The molecule has 3 aromatic carbocycles. The van der Waals surface area contributed by atoms with Crippen LogP contribution in [0.4, 0.5) is 5.69 Å². The van der Waals surface area contributed by atoms with E-state index in [0.29, 0.717) is 10.7 Å². The van der Waals surface area contributed by atoms with Crippen LogP contribution >= 0.6 is 23.2 Å². The van der Waals surface area contributed by atoms with Gasteiger partial charge in [-0.2, -0.15) is 0 Å². The van der Waals surface area contributed by atoms with E-state index in [1.807, 2.05) is 24.3 Å². The van der Waals surface area contributed by atoms with Gasteiger partial charge in [0.05, 0.1) is 27.6 Å². The van der Waals surface area contributed by atoms with Gasteiger partial charge >= 0.3 is 0 Å². The number of imide groups is 1. The Bertz CT molecular complexity index is 1110. The van der Waals surface area contributed by atoms with Crippen molar-refractivity contribution in [2.24, 2.45) is 11.8 Å². The van der Waals surface area contributed by atoms with Crippen molar-refractivity contribution in [3.63, 3.8) is 0 Å². The zero-order valence-electron chi connectivity index (χ0n) is 15.2. The molecule has 1 fully saturated rings. The SMILES string of the molecule is O=C1[C@@H]2C3c4ccccc4C(c4ccccc43)[C@H]2C(=O)N1c1cccc(Cl)c1Cl. The molecule has 1 saturated heterocycles. The maximum absolute atomic E-state index is 13.6. The number of carbonyl (C=O) groups is 2. The lowest BCUT2D eigenvalue weighted by Gasteiger charge is -2.45. The van der Waals surface area contributed by atoms with Crippen LogP contribution in [0.15, 0.2) is 66.7 Å². The summed E-state index contributed by atoms with van der Waals surface area (Å²) >= 11 is 12.6. The first-order valence-corrected chi connectivity index (χ1v) is 10.3. The average molecular weight is 420 g/mol. The predicted octanol–water partition coefficient (Wildman–Crippen LogP) is 5.39. The molecule has 3 aliphatic carbocycles. The van der Waals surface area contributed by atoms with Crippen molar-refractivity contribution in [1.29, 1.82) is 0 Å². The van der Waals surface area contributed by atoms with Crippen LogP contribution in [0.25, 0.3) is 0 Å². The lowest BCUT2D eigenvalue weighted by molar-refractivity contribution is -0.122. The van der Waals surface area contributed by atoms with Crippen molar-refractivity contribution in [3.8, 4) is 0 Å². The molecule has 1 aliphatic heterocycles. The largest absolute Gasteiger partial charge is 0.274 e. The Hall–Kier alpha value is -2.62. The maximum Gasteiger partial charge on any atom is 0.238 e. The molecule has 0 aromatic heterocycles. The van der Waals surface area contributed by atoms with E-state index in [9.17, 15) is 9.59 Å². The number of carbonyl (C=O) groups excluding carboxylic acids is 2. The van der Waals surface area contributed by atoms with Crippen LogP contribution in [0.2, 0.25) is 10.0 Å². The molecule has 2 bridgehead atoms. The third-order valence-electron chi connectivity index (χ3n) is 6.62. The second kappa shape index (κ2) is 5.94. The standard InChI is InChI=1S/C24H15Cl2NO2/c25-16-10-5-11-17(22(16)26)27-23(28)20-18-12-6-1-2-7-13(12)19(21(20)24(27)29)15-9-4-3-8-14(15)18/h1-11,18-21H/t18?,19?,20-,21-/m1/s1. The van der Waals surface area contributed by atoms with E-state index >= 15 is 0 Å². The van der Waals surface area contributed by atoms with Crippen molar-refractivity contribution < 1.29 is 9.59 Å². The number of anilines is 1. The van der Waals surface area contributed by atoms with Crippen LogP contribution in [-0.4, -0.2) is 11.8 Å². The predicted molar refractivity (Wildman–Crippen MR) is 113 cm³/mol. The highest BCUT2D eigenvalue weighted by Gasteiger charge is 2.61. The molecule has 0 spiro atoms. The number of nitrogens with zero attached hydrogens (tertiary/aromatic N) is 1. The molecule has 7 rings (SSSR count). The zero-order valence-corrected chi connectivity index (χ0v) is 16.7. The number of hydrogen-bond donors (Lipinski definition) is 0. The smallest absolute Gasteiger partial charge is 0.238 e. The lowest BCUT2D eigenvalue weighted by Crippen LogP contribution is -2.41. The Labute approximate surface area is 177 Å². The molecule has 2 atom stereocenters. The van der Waals surface area contributed by atoms with Gasteiger partial charge in [0.25, 0.3) is 0 Å². The van der Waals surface area contributed by atoms with Crippen molar-refractivity contribution in [1.82, 2.24) is 0 Å².